The summed E-state index contributed by atoms with van der Waals surface area (Å²) >= 11 is 5.99. The predicted octanol–water partition coefficient (Wildman–Crippen LogP) is 2.88. The lowest BCUT2D eigenvalue weighted by Crippen LogP contribution is -2.03. The molecule has 0 aromatic carbocycles. The summed E-state index contributed by atoms with van der Waals surface area (Å²) in [6, 6.07) is 1.55. The lowest BCUT2D eigenvalue weighted by molar-refractivity contribution is 0.0602. The van der Waals surface area contributed by atoms with Crippen LogP contribution in [0.1, 0.15) is 34.5 Å². The molecule has 0 fully saturated rings. The fourth-order valence-corrected chi connectivity index (χ4v) is 2.78. The zero-order valence-corrected chi connectivity index (χ0v) is 10.8. The number of halogens is 1. The van der Waals surface area contributed by atoms with Gasteiger partial charge < -0.3 is 9.72 Å². The third kappa shape index (κ3) is 1.68. The van der Waals surface area contributed by atoms with Gasteiger partial charge in [-0.1, -0.05) is 11.6 Å². The molecule has 3 rings (SSSR count). The van der Waals surface area contributed by atoms with E-state index in [1.165, 1.54) is 24.8 Å². The second kappa shape index (κ2) is 4.28. The van der Waals surface area contributed by atoms with Crippen LogP contribution in [0, 0.1) is 0 Å². The summed E-state index contributed by atoms with van der Waals surface area (Å²) in [6.07, 6.45) is 4.32. The number of aromatic amines is 1. The van der Waals surface area contributed by atoms with Crippen LogP contribution in [0.15, 0.2) is 6.07 Å². The van der Waals surface area contributed by atoms with Gasteiger partial charge >= 0.3 is 5.97 Å². The Balaban J connectivity index is 2.30. The number of methoxy groups -OCH3 is 1. The number of aromatic nitrogens is 2. The van der Waals surface area contributed by atoms with Crippen LogP contribution in [-0.4, -0.2) is 23.0 Å². The minimum Gasteiger partial charge on any atom is -0.465 e. The molecule has 2 aromatic rings. The molecule has 0 saturated heterocycles. The maximum absolute atomic E-state index is 11.8. The number of carbonyl (C=O) groups excluding carboxylic acids is 1. The van der Waals surface area contributed by atoms with Gasteiger partial charge in [-0.05, 0) is 37.3 Å². The molecule has 94 valence electrons. The number of hydrogen-bond acceptors (Lipinski definition) is 3. The van der Waals surface area contributed by atoms with Crippen molar-refractivity contribution in [3.05, 3.63) is 28.0 Å². The van der Waals surface area contributed by atoms with Gasteiger partial charge in [0.15, 0.2) is 0 Å². The smallest absolute Gasteiger partial charge is 0.340 e. The van der Waals surface area contributed by atoms with Crippen LogP contribution in [-0.2, 0) is 17.6 Å². The Morgan fingerprint density at radius 2 is 2.22 bits per heavy atom. The van der Waals surface area contributed by atoms with Gasteiger partial charge in [-0.25, -0.2) is 9.78 Å². The number of nitrogens with zero attached hydrogens (tertiary/aromatic N) is 1. The van der Waals surface area contributed by atoms with Crippen LogP contribution in [0.5, 0.6) is 0 Å². The molecule has 18 heavy (non-hydrogen) atoms. The topological polar surface area (TPSA) is 55.0 Å². The van der Waals surface area contributed by atoms with E-state index < -0.39 is 0 Å². The van der Waals surface area contributed by atoms with Gasteiger partial charge in [0.05, 0.1) is 23.7 Å². The van der Waals surface area contributed by atoms with Crippen LogP contribution < -0.4 is 0 Å². The van der Waals surface area contributed by atoms with Crippen LogP contribution >= 0.6 is 11.6 Å². The summed E-state index contributed by atoms with van der Waals surface area (Å²) in [5, 5.41) is 0.329. The van der Waals surface area contributed by atoms with E-state index in [9.17, 15) is 4.79 Å². The van der Waals surface area contributed by atoms with Gasteiger partial charge in [0.25, 0.3) is 0 Å². The lowest BCUT2D eigenvalue weighted by atomic mass is 9.97. The number of fused-ring (bicyclic) bond motifs is 3. The van der Waals surface area contributed by atoms with Gasteiger partial charge in [-0.3, -0.25) is 0 Å². The quantitative estimate of drug-likeness (QED) is 0.636. The Morgan fingerprint density at radius 1 is 1.44 bits per heavy atom. The normalized spacial score (nSPS) is 14.6. The van der Waals surface area contributed by atoms with Crippen LogP contribution in [0.25, 0.3) is 11.0 Å². The maximum atomic E-state index is 11.8. The molecule has 0 amide bonds. The molecule has 0 bridgehead atoms. The molecule has 0 atom stereocenters. The molecular formula is C13H13ClN2O2. The van der Waals surface area contributed by atoms with E-state index in [-0.39, 0.29) is 5.97 Å². The highest BCUT2D eigenvalue weighted by Gasteiger charge is 2.21. The molecule has 1 aliphatic rings. The number of rotatable bonds is 1. The van der Waals surface area contributed by atoms with E-state index in [0.29, 0.717) is 10.7 Å². The highest BCUT2D eigenvalue weighted by atomic mass is 35.5. The highest BCUT2D eigenvalue weighted by molar-refractivity contribution is 6.30. The van der Waals surface area contributed by atoms with Crippen LogP contribution in [0.4, 0.5) is 0 Å². The average molecular weight is 265 g/mol. The Kier molecular flexibility index (Phi) is 2.74. The zero-order valence-electron chi connectivity index (χ0n) is 10.0. The summed E-state index contributed by atoms with van der Waals surface area (Å²) in [7, 11) is 1.37. The summed E-state index contributed by atoms with van der Waals surface area (Å²) in [4.78, 5) is 19.4. The molecule has 0 aliphatic heterocycles. The fraction of sp³-hybridized carbons (Fsp3) is 0.385. The fourth-order valence-electron chi connectivity index (χ4n) is 2.59. The molecule has 0 spiro atoms. The predicted molar refractivity (Wildman–Crippen MR) is 69.1 cm³/mol. The minimum atomic E-state index is -0.386. The van der Waals surface area contributed by atoms with Crippen molar-refractivity contribution in [3.63, 3.8) is 0 Å². The van der Waals surface area contributed by atoms with Crippen molar-refractivity contribution in [1.82, 2.24) is 9.97 Å². The van der Waals surface area contributed by atoms with Crippen molar-refractivity contribution < 1.29 is 9.53 Å². The molecule has 0 saturated carbocycles. The molecule has 2 aromatic heterocycles. The van der Waals surface area contributed by atoms with E-state index in [0.717, 1.165) is 30.3 Å². The lowest BCUT2D eigenvalue weighted by Gasteiger charge is -2.09. The van der Waals surface area contributed by atoms with Crippen molar-refractivity contribution in [3.8, 4) is 0 Å². The summed E-state index contributed by atoms with van der Waals surface area (Å²) in [5.74, 6) is -0.386. The largest absolute Gasteiger partial charge is 0.465 e. The monoisotopic (exact) mass is 264 g/mol. The van der Waals surface area contributed by atoms with Crippen molar-refractivity contribution in [2.24, 2.45) is 0 Å². The highest BCUT2D eigenvalue weighted by Crippen LogP contribution is 2.31. The number of H-pyrrole nitrogens is 1. The molecule has 5 heteroatoms. The SMILES string of the molecule is COC(=O)c1cc(Cl)nc2c3c([nH]c12)CCCC3. The summed E-state index contributed by atoms with van der Waals surface area (Å²) in [6.45, 7) is 0. The van der Waals surface area contributed by atoms with Crippen molar-refractivity contribution in [2.45, 2.75) is 25.7 Å². The molecule has 1 aliphatic carbocycles. The van der Waals surface area contributed by atoms with E-state index in [4.69, 9.17) is 16.3 Å². The number of hydrogen-bond donors (Lipinski definition) is 1. The van der Waals surface area contributed by atoms with E-state index in [1.807, 2.05) is 0 Å². The Morgan fingerprint density at radius 3 is 3.00 bits per heavy atom. The first kappa shape index (κ1) is 11.5. The van der Waals surface area contributed by atoms with E-state index in [2.05, 4.69) is 9.97 Å². The molecule has 4 nitrogen and oxygen atoms in total. The van der Waals surface area contributed by atoms with Gasteiger partial charge in [0.1, 0.15) is 5.15 Å². The second-order valence-electron chi connectivity index (χ2n) is 4.50. The first-order valence-corrected chi connectivity index (χ1v) is 6.37. The Labute approximate surface area is 109 Å². The van der Waals surface area contributed by atoms with Gasteiger partial charge in [-0.15, -0.1) is 0 Å². The molecule has 1 N–H and O–H groups in total. The van der Waals surface area contributed by atoms with Crippen LogP contribution in [0.2, 0.25) is 5.15 Å². The third-order valence-corrected chi connectivity index (χ3v) is 3.62. The minimum absolute atomic E-state index is 0.329. The first-order chi connectivity index (χ1) is 8.70. The number of pyridine rings is 1. The average Bonchev–Trinajstić information content (AvgIpc) is 2.75. The summed E-state index contributed by atoms with van der Waals surface area (Å²) < 4.78 is 4.79. The maximum Gasteiger partial charge on any atom is 0.340 e. The standard InChI is InChI=1S/C13H13ClN2O2/c1-18-13(17)8-6-10(14)16-11-7-4-2-3-5-9(7)15-12(8)11/h6,15H,2-5H2,1H3. The number of esters is 1. The Hall–Kier alpha value is -1.55. The molecular weight excluding hydrogens is 252 g/mol. The number of aryl methyl sites for hydroxylation is 2. The molecule has 2 heterocycles. The first-order valence-electron chi connectivity index (χ1n) is 5.99. The Bertz CT molecular complexity index is 633. The second-order valence-corrected chi connectivity index (χ2v) is 4.88. The van der Waals surface area contributed by atoms with E-state index in [1.54, 1.807) is 6.07 Å². The molecule has 0 unspecified atom stereocenters. The van der Waals surface area contributed by atoms with Crippen molar-refractivity contribution >= 4 is 28.6 Å². The number of carbonyl (C=O) groups is 1. The van der Waals surface area contributed by atoms with E-state index >= 15 is 0 Å². The number of ether oxygens (including phenoxy) is 1. The van der Waals surface area contributed by atoms with Crippen molar-refractivity contribution in [1.29, 1.82) is 0 Å². The summed E-state index contributed by atoms with van der Waals surface area (Å²) in [5.41, 5.74) is 4.40. The zero-order chi connectivity index (χ0) is 12.7. The van der Waals surface area contributed by atoms with Crippen LogP contribution in [0.3, 0.4) is 0 Å². The van der Waals surface area contributed by atoms with Gasteiger partial charge in [-0.2, -0.15) is 0 Å². The van der Waals surface area contributed by atoms with Gasteiger partial charge in [0.2, 0.25) is 0 Å². The number of nitrogens with one attached hydrogen (secondary N) is 1. The molecule has 0 radical (unpaired) electrons. The van der Waals surface area contributed by atoms with Gasteiger partial charge in [0, 0.05) is 5.69 Å². The van der Waals surface area contributed by atoms with Crippen molar-refractivity contribution in [2.75, 3.05) is 7.11 Å². The third-order valence-electron chi connectivity index (χ3n) is 3.42.